The maximum absolute atomic E-state index is 9.52. The number of aryl methyl sites for hydroxylation is 1. The third kappa shape index (κ3) is 2.02. The minimum absolute atomic E-state index is 0.361. The number of thiophene rings is 1. The molecule has 0 saturated carbocycles. The lowest BCUT2D eigenvalue weighted by Crippen LogP contribution is -2.06. The smallest absolute Gasteiger partial charge is 0.0896 e. The van der Waals surface area contributed by atoms with E-state index in [1.54, 1.807) is 11.3 Å². The van der Waals surface area contributed by atoms with E-state index in [9.17, 15) is 5.11 Å². The van der Waals surface area contributed by atoms with Gasteiger partial charge in [-0.25, -0.2) is 0 Å². The summed E-state index contributed by atoms with van der Waals surface area (Å²) in [6, 6.07) is 2.01. The zero-order valence-electron chi connectivity index (χ0n) is 6.58. The van der Waals surface area contributed by atoms with E-state index in [1.807, 2.05) is 18.4 Å². The summed E-state index contributed by atoms with van der Waals surface area (Å²) in [5, 5.41) is 11.5. The zero-order valence-corrected chi connectivity index (χ0v) is 7.40. The highest BCUT2D eigenvalue weighted by Gasteiger charge is 2.09. The zero-order chi connectivity index (χ0) is 8.27. The molecule has 3 heteroatoms. The van der Waals surface area contributed by atoms with Crippen molar-refractivity contribution in [3.8, 4) is 0 Å². The number of aliphatic hydroxyl groups excluding tert-OH is 1. The topological polar surface area (TPSA) is 46.2 Å². The van der Waals surface area contributed by atoms with Crippen LogP contribution in [0.15, 0.2) is 11.4 Å². The van der Waals surface area contributed by atoms with Crippen LogP contribution in [-0.2, 0) is 0 Å². The Hall–Kier alpha value is -0.380. The molecule has 1 aromatic rings. The average Bonchev–Trinajstić information content (AvgIpc) is 2.36. The molecule has 2 nitrogen and oxygen atoms in total. The molecule has 1 rings (SSSR count). The number of hydrogen-bond acceptors (Lipinski definition) is 3. The van der Waals surface area contributed by atoms with E-state index >= 15 is 0 Å². The van der Waals surface area contributed by atoms with Crippen LogP contribution >= 0.6 is 11.3 Å². The molecule has 0 saturated heterocycles. The van der Waals surface area contributed by atoms with Crippen LogP contribution < -0.4 is 5.73 Å². The van der Waals surface area contributed by atoms with E-state index in [1.165, 1.54) is 0 Å². The number of rotatable bonds is 3. The van der Waals surface area contributed by atoms with Crippen molar-refractivity contribution in [2.45, 2.75) is 19.4 Å². The number of nitrogens with two attached hydrogens (primary N) is 1. The van der Waals surface area contributed by atoms with Crippen LogP contribution in [-0.4, -0.2) is 11.7 Å². The van der Waals surface area contributed by atoms with Crippen LogP contribution in [0.4, 0.5) is 0 Å². The highest BCUT2D eigenvalue weighted by molar-refractivity contribution is 7.10. The molecular formula is C8H13NOS. The molecule has 11 heavy (non-hydrogen) atoms. The van der Waals surface area contributed by atoms with E-state index in [4.69, 9.17) is 5.73 Å². The van der Waals surface area contributed by atoms with Crippen LogP contribution in [0, 0.1) is 6.92 Å². The number of hydrogen-bond donors (Lipinski definition) is 2. The Labute approximate surface area is 70.7 Å². The van der Waals surface area contributed by atoms with Gasteiger partial charge in [-0.15, -0.1) is 11.3 Å². The first-order chi connectivity index (χ1) is 5.25. The number of aliphatic hydroxyl groups is 1. The highest BCUT2D eigenvalue weighted by Crippen LogP contribution is 2.25. The molecule has 0 aliphatic heterocycles. The van der Waals surface area contributed by atoms with E-state index in [-0.39, 0.29) is 6.10 Å². The molecule has 0 bridgehead atoms. The van der Waals surface area contributed by atoms with Gasteiger partial charge in [-0.05, 0) is 36.9 Å². The summed E-state index contributed by atoms with van der Waals surface area (Å²) in [5.41, 5.74) is 6.49. The first-order valence-corrected chi connectivity index (χ1v) is 4.55. The fraction of sp³-hybridized carbons (Fsp3) is 0.500. The standard InChI is InChI=1S/C8H13NOS/c1-6-3-5-11-8(6)7(10)2-4-9/h3,5,7,10H,2,4,9H2,1H3. The Morgan fingerprint density at radius 1 is 1.73 bits per heavy atom. The summed E-state index contributed by atoms with van der Waals surface area (Å²) in [7, 11) is 0. The van der Waals surface area contributed by atoms with Gasteiger partial charge in [0.2, 0.25) is 0 Å². The van der Waals surface area contributed by atoms with Gasteiger partial charge in [-0.2, -0.15) is 0 Å². The molecule has 1 atom stereocenters. The lowest BCUT2D eigenvalue weighted by atomic mass is 10.1. The molecule has 0 aliphatic rings. The summed E-state index contributed by atoms with van der Waals surface area (Å²) in [6.45, 7) is 2.55. The highest BCUT2D eigenvalue weighted by atomic mass is 32.1. The third-order valence-corrected chi connectivity index (χ3v) is 2.76. The van der Waals surface area contributed by atoms with Gasteiger partial charge in [0.05, 0.1) is 6.10 Å². The summed E-state index contributed by atoms with van der Waals surface area (Å²) in [5.74, 6) is 0. The molecule has 0 amide bonds. The molecule has 0 aliphatic carbocycles. The molecule has 1 unspecified atom stereocenters. The molecule has 0 radical (unpaired) electrons. The molecule has 0 fully saturated rings. The van der Waals surface area contributed by atoms with Gasteiger partial charge in [0.1, 0.15) is 0 Å². The van der Waals surface area contributed by atoms with E-state index in [0.29, 0.717) is 13.0 Å². The molecule has 0 spiro atoms. The Balaban J connectivity index is 2.67. The molecular weight excluding hydrogens is 158 g/mol. The summed E-state index contributed by atoms with van der Waals surface area (Å²) in [4.78, 5) is 1.05. The second-order valence-corrected chi connectivity index (χ2v) is 3.51. The van der Waals surface area contributed by atoms with Gasteiger partial charge in [-0.1, -0.05) is 0 Å². The minimum atomic E-state index is -0.361. The van der Waals surface area contributed by atoms with Gasteiger partial charge < -0.3 is 10.8 Å². The monoisotopic (exact) mass is 171 g/mol. The van der Waals surface area contributed by atoms with Gasteiger partial charge >= 0.3 is 0 Å². The SMILES string of the molecule is Cc1ccsc1C(O)CCN. The lowest BCUT2D eigenvalue weighted by Gasteiger charge is -2.07. The Morgan fingerprint density at radius 3 is 2.91 bits per heavy atom. The quantitative estimate of drug-likeness (QED) is 0.723. The fourth-order valence-corrected chi connectivity index (χ4v) is 1.96. The van der Waals surface area contributed by atoms with Crippen molar-refractivity contribution in [2.24, 2.45) is 5.73 Å². The summed E-state index contributed by atoms with van der Waals surface area (Å²) in [6.07, 6.45) is 0.293. The van der Waals surface area contributed by atoms with Gasteiger partial charge in [0, 0.05) is 4.88 Å². The van der Waals surface area contributed by atoms with Crippen molar-refractivity contribution in [3.05, 3.63) is 21.9 Å². The van der Waals surface area contributed by atoms with E-state index < -0.39 is 0 Å². The van der Waals surface area contributed by atoms with Crippen molar-refractivity contribution >= 4 is 11.3 Å². The van der Waals surface area contributed by atoms with Crippen LogP contribution in [0.1, 0.15) is 23.0 Å². The van der Waals surface area contributed by atoms with Crippen LogP contribution in [0.5, 0.6) is 0 Å². The van der Waals surface area contributed by atoms with Crippen molar-refractivity contribution in [3.63, 3.8) is 0 Å². The van der Waals surface area contributed by atoms with Gasteiger partial charge in [0.15, 0.2) is 0 Å². The third-order valence-electron chi connectivity index (χ3n) is 1.64. The van der Waals surface area contributed by atoms with E-state index in [0.717, 1.165) is 10.4 Å². The lowest BCUT2D eigenvalue weighted by molar-refractivity contribution is 0.173. The fourth-order valence-electron chi connectivity index (χ4n) is 1.01. The van der Waals surface area contributed by atoms with Crippen LogP contribution in [0.3, 0.4) is 0 Å². The second-order valence-electron chi connectivity index (χ2n) is 2.56. The van der Waals surface area contributed by atoms with Crippen molar-refractivity contribution in [1.82, 2.24) is 0 Å². The predicted octanol–water partition coefficient (Wildman–Crippen LogP) is 1.44. The molecule has 62 valence electrons. The maximum atomic E-state index is 9.52. The predicted molar refractivity (Wildman–Crippen MR) is 47.7 cm³/mol. The van der Waals surface area contributed by atoms with Gasteiger partial charge in [0.25, 0.3) is 0 Å². The molecule has 0 aromatic carbocycles. The summed E-state index contributed by atoms with van der Waals surface area (Å²) >= 11 is 1.59. The average molecular weight is 171 g/mol. The van der Waals surface area contributed by atoms with Crippen LogP contribution in [0.25, 0.3) is 0 Å². The minimum Gasteiger partial charge on any atom is -0.388 e. The summed E-state index contributed by atoms with van der Waals surface area (Å²) < 4.78 is 0. The first kappa shape index (κ1) is 8.71. The largest absolute Gasteiger partial charge is 0.388 e. The van der Waals surface area contributed by atoms with Crippen molar-refractivity contribution in [1.29, 1.82) is 0 Å². The maximum Gasteiger partial charge on any atom is 0.0896 e. The van der Waals surface area contributed by atoms with Crippen molar-refractivity contribution < 1.29 is 5.11 Å². The Bertz CT molecular complexity index is 222. The Kier molecular flexibility index (Phi) is 3.05. The Morgan fingerprint density at radius 2 is 2.45 bits per heavy atom. The van der Waals surface area contributed by atoms with Crippen LogP contribution in [0.2, 0.25) is 0 Å². The normalized spacial score (nSPS) is 13.4. The molecule has 1 aromatic heterocycles. The molecule has 1 heterocycles. The second kappa shape index (κ2) is 3.85. The van der Waals surface area contributed by atoms with E-state index in [2.05, 4.69) is 0 Å². The molecule has 3 N–H and O–H groups in total. The van der Waals surface area contributed by atoms with Gasteiger partial charge in [-0.3, -0.25) is 0 Å². The first-order valence-electron chi connectivity index (χ1n) is 3.68. The van der Waals surface area contributed by atoms with Crippen molar-refractivity contribution in [2.75, 3.05) is 6.54 Å².